The highest BCUT2D eigenvalue weighted by molar-refractivity contribution is 6.31. The van der Waals surface area contributed by atoms with Crippen LogP contribution in [0.25, 0.3) is 0 Å². The minimum atomic E-state index is -0.193. The lowest BCUT2D eigenvalue weighted by Gasteiger charge is -2.23. The molecule has 0 radical (unpaired) electrons. The van der Waals surface area contributed by atoms with E-state index < -0.39 is 0 Å². The van der Waals surface area contributed by atoms with Gasteiger partial charge in [-0.05, 0) is 42.7 Å². The third-order valence-electron chi connectivity index (χ3n) is 5.73. The van der Waals surface area contributed by atoms with Crippen LogP contribution >= 0.6 is 11.6 Å². The number of methoxy groups -OCH3 is 1. The Kier molecular flexibility index (Phi) is 6.08. The topological polar surface area (TPSA) is 74.8 Å². The van der Waals surface area contributed by atoms with Crippen molar-refractivity contribution in [3.8, 4) is 5.75 Å². The maximum atomic E-state index is 12.8. The monoisotopic (exact) mass is 428 g/mol. The van der Waals surface area contributed by atoms with Gasteiger partial charge in [0.2, 0.25) is 5.91 Å². The lowest BCUT2D eigenvalue weighted by Crippen LogP contribution is -2.38. The molecular weight excluding hydrogens is 404 g/mol. The van der Waals surface area contributed by atoms with Crippen LogP contribution < -0.4 is 15.0 Å². The summed E-state index contributed by atoms with van der Waals surface area (Å²) >= 11 is 6.21. The molecule has 2 aliphatic rings. The van der Waals surface area contributed by atoms with Gasteiger partial charge in [-0.2, -0.15) is 0 Å². The van der Waals surface area contributed by atoms with Gasteiger partial charge in [0.15, 0.2) is 0 Å². The van der Waals surface area contributed by atoms with Crippen LogP contribution in [0.15, 0.2) is 36.5 Å². The summed E-state index contributed by atoms with van der Waals surface area (Å²) < 4.78 is 5.12. The van der Waals surface area contributed by atoms with E-state index in [2.05, 4.69) is 10.3 Å². The number of benzene rings is 1. The SMILES string of the molecule is COc1ccc(CC(=O)Nc2ccc(N3CCN(C4CCCC4)C3=O)nc2)c(Cl)c1. The van der Waals surface area contributed by atoms with Crippen LogP contribution in [0, 0.1) is 0 Å². The average molecular weight is 429 g/mol. The number of carbonyl (C=O) groups is 2. The number of halogens is 1. The number of ether oxygens (including phenoxy) is 1. The molecular formula is C22H25ClN4O3. The quantitative estimate of drug-likeness (QED) is 0.751. The zero-order valence-corrected chi connectivity index (χ0v) is 17.7. The van der Waals surface area contributed by atoms with Crippen molar-refractivity contribution in [2.75, 3.05) is 30.4 Å². The van der Waals surface area contributed by atoms with Gasteiger partial charge in [-0.3, -0.25) is 9.69 Å². The Morgan fingerprint density at radius 3 is 2.70 bits per heavy atom. The van der Waals surface area contributed by atoms with E-state index in [-0.39, 0.29) is 18.4 Å². The molecule has 2 aromatic rings. The third-order valence-corrected chi connectivity index (χ3v) is 6.08. The molecule has 1 saturated carbocycles. The minimum Gasteiger partial charge on any atom is -0.497 e. The fourth-order valence-electron chi connectivity index (χ4n) is 4.12. The third kappa shape index (κ3) is 4.36. The van der Waals surface area contributed by atoms with Crippen LogP contribution in [-0.4, -0.2) is 48.1 Å². The molecule has 1 aliphatic heterocycles. The van der Waals surface area contributed by atoms with Crippen molar-refractivity contribution >= 4 is 35.0 Å². The highest BCUT2D eigenvalue weighted by Crippen LogP contribution is 2.28. The summed E-state index contributed by atoms with van der Waals surface area (Å²) in [7, 11) is 1.57. The predicted molar refractivity (Wildman–Crippen MR) is 116 cm³/mol. The molecule has 1 aromatic heterocycles. The fraction of sp³-hybridized carbons (Fsp3) is 0.409. The van der Waals surface area contributed by atoms with E-state index in [1.807, 2.05) is 4.90 Å². The second-order valence-corrected chi connectivity index (χ2v) is 8.06. The lowest BCUT2D eigenvalue weighted by molar-refractivity contribution is -0.115. The number of nitrogens with zero attached hydrogens (tertiary/aromatic N) is 3. The van der Waals surface area contributed by atoms with E-state index in [0.29, 0.717) is 40.4 Å². The summed E-state index contributed by atoms with van der Waals surface area (Å²) in [6, 6.07) is 9.16. The van der Waals surface area contributed by atoms with Gasteiger partial charge in [0.1, 0.15) is 11.6 Å². The first-order chi connectivity index (χ1) is 14.5. The van der Waals surface area contributed by atoms with Crippen molar-refractivity contribution in [2.45, 2.75) is 38.1 Å². The first-order valence-electron chi connectivity index (χ1n) is 10.2. The molecule has 2 fully saturated rings. The van der Waals surface area contributed by atoms with Gasteiger partial charge < -0.3 is 15.0 Å². The zero-order chi connectivity index (χ0) is 21.1. The molecule has 7 nitrogen and oxygen atoms in total. The van der Waals surface area contributed by atoms with Gasteiger partial charge >= 0.3 is 6.03 Å². The number of carbonyl (C=O) groups excluding carboxylic acids is 2. The van der Waals surface area contributed by atoms with Crippen LogP contribution in [0.2, 0.25) is 5.02 Å². The predicted octanol–water partition coefficient (Wildman–Crippen LogP) is 4.11. The average Bonchev–Trinajstić information content (AvgIpc) is 3.40. The van der Waals surface area contributed by atoms with Crippen LogP contribution in [0.5, 0.6) is 5.75 Å². The minimum absolute atomic E-state index is 0.0281. The summed E-state index contributed by atoms with van der Waals surface area (Å²) in [5.41, 5.74) is 1.29. The smallest absolute Gasteiger partial charge is 0.326 e. The van der Waals surface area contributed by atoms with Crippen molar-refractivity contribution in [3.05, 3.63) is 47.1 Å². The maximum absolute atomic E-state index is 12.8. The summed E-state index contributed by atoms with van der Waals surface area (Å²) in [4.78, 5) is 33.2. The van der Waals surface area contributed by atoms with Gasteiger partial charge in [0.05, 0.1) is 25.4 Å². The molecule has 3 amide bonds. The Labute approximate surface area is 181 Å². The first-order valence-corrected chi connectivity index (χ1v) is 10.6. The highest BCUT2D eigenvalue weighted by atomic mass is 35.5. The van der Waals surface area contributed by atoms with Crippen molar-refractivity contribution in [3.63, 3.8) is 0 Å². The first kappa shape index (κ1) is 20.5. The second-order valence-electron chi connectivity index (χ2n) is 7.65. The molecule has 4 rings (SSSR count). The molecule has 1 N–H and O–H groups in total. The Balaban J connectivity index is 1.35. The molecule has 158 valence electrons. The van der Waals surface area contributed by atoms with E-state index in [9.17, 15) is 9.59 Å². The Bertz CT molecular complexity index is 928. The van der Waals surface area contributed by atoms with Crippen LogP contribution in [0.4, 0.5) is 16.3 Å². The largest absolute Gasteiger partial charge is 0.497 e. The van der Waals surface area contributed by atoms with Gasteiger partial charge in [-0.15, -0.1) is 0 Å². The molecule has 0 unspecified atom stereocenters. The Hall–Kier alpha value is -2.80. The standard InChI is InChI=1S/C22H25ClN4O3/c1-30-18-8-6-15(19(23)13-18)12-21(28)25-16-7-9-20(24-14-16)27-11-10-26(22(27)29)17-4-2-3-5-17/h6-9,13-14,17H,2-5,10-12H2,1H3,(H,25,28). The summed E-state index contributed by atoms with van der Waals surface area (Å²) in [6.07, 6.45) is 6.30. The summed E-state index contributed by atoms with van der Waals surface area (Å²) in [5, 5.41) is 3.31. The fourth-order valence-corrected chi connectivity index (χ4v) is 4.35. The van der Waals surface area contributed by atoms with Gasteiger partial charge in [0.25, 0.3) is 0 Å². The molecule has 8 heteroatoms. The lowest BCUT2D eigenvalue weighted by atomic mass is 10.1. The number of aromatic nitrogens is 1. The normalized spacial score (nSPS) is 16.9. The van der Waals surface area contributed by atoms with E-state index in [1.165, 1.54) is 12.8 Å². The highest BCUT2D eigenvalue weighted by Gasteiger charge is 2.36. The number of nitrogens with one attached hydrogen (secondary N) is 1. The Morgan fingerprint density at radius 2 is 2.03 bits per heavy atom. The van der Waals surface area contributed by atoms with E-state index in [4.69, 9.17) is 16.3 Å². The van der Waals surface area contributed by atoms with Crippen molar-refractivity contribution in [2.24, 2.45) is 0 Å². The van der Waals surface area contributed by atoms with Gasteiger partial charge in [0, 0.05) is 24.2 Å². The molecule has 0 atom stereocenters. The van der Waals surface area contributed by atoms with Crippen LogP contribution in [-0.2, 0) is 11.2 Å². The van der Waals surface area contributed by atoms with Crippen molar-refractivity contribution in [1.82, 2.24) is 9.88 Å². The number of hydrogen-bond donors (Lipinski definition) is 1. The van der Waals surface area contributed by atoms with E-state index >= 15 is 0 Å². The molecule has 0 spiro atoms. The van der Waals surface area contributed by atoms with Gasteiger partial charge in [-0.25, -0.2) is 9.78 Å². The molecule has 1 saturated heterocycles. The van der Waals surface area contributed by atoms with Gasteiger partial charge in [-0.1, -0.05) is 30.5 Å². The number of urea groups is 1. The van der Waals surface area contributed by atoms with E-state index in [0.717, 1.165) is 19.4 Å². The zero-order valence-electron chi connectivity index (χ0n) is 16.9. The second kappa shape index (κ2) is 8.92. The molecule has 1 aromatic carbocycles. The van der Waals surface area contributed by atoms with E-state index in [1.54, 1.807) is 48.5 Å². The summed E-state index contributed by atoms with van der Waals surface area (Å²) in [6.45, 7) is 1.39. The number of rotatable bonds is 6. The Morgan fingerprint density at radius 1 is 1.23 bits per heavy atom. The molecule has 0 bridgehead atoms. The number of hydrogen-bond acceptors (Lipinski definition) is 4. The summed E-state index contributed by atoms with van der Waals surface area (Å²) in [5.74, 6) is 1.06. The maximum Gasteiger partial charge on any atom is 0.326 e. The van der Waals surface area contributed by atoms with Crippen molar-refractivity contribution < 1.29 is 14.3 Å². The van der Waals surface area contributed by atoms with Crippen LogP contribution in [0.3, 0.4) is 0 Å². The number of anilines is 2. The molecule has 30 heavy (non-hydrogen) atoms. The molecule has 2 heterocycles. The molecule has 1 aliphatic carbocycles. The number of pyridine rings is 1. The van der Waals surface area contributed by atoms with Crippen LogP contribution in [0.1, 0.15) is 31.2 Å². The number of amides is 3. The van der Waals surface area contributed by atoms with Crippen molar-refractivity contribution in [1.29, 1.82) is 0 Å².